The molecule has 0 spiro atoms. The van der Waals surface area contributed by atoms with Crippen molar-refractivity contribution in [1.29, 1.82) is 0 Å². The third kappa shape index (κ3) is 3.32. The quantitative estimate of drug-likeness (QED) is 0.795. The number of nitrogens with zero attached hydrogens (tertiary/aromatic N) is 2. The average molecular weight is 308 g/mol. The van der Waals surface area contributed by atoms with Gasteiger partial charge in [0.15, 0.2) is 0 Å². The zero-order valence-corrected chi connectivity index (χ0v) is 13.2. The Morgan fingerprint density at radius 3 is 2.71 bits per heavy atom. The Morgan fingerprint density at radius 2 is 2.05 bits per heavy atom. The minimum absolute atomic E-state index is 0.0623. The molecule has 0 bridgehead atoms. The maximum absolute atomic E-state index is 12.5. The van der Waals surface area contributed by atoms with E-state index in [0.717, 1.165) is 12.8 Å². The van der Waals surface area contributed by atoms with Gasteiger partial charge in [-0.05, 0) is 13.3 Å². The molecule has 0 aliphatic rings. The molecule has 0 saturated heterocycles. The Morgan fingerprint density at radius 1 is 1.33 bits per heavy atom. The summed E-state index contributed by atoms with van der Waals surface area (Å²) in [4.78, 5) is 28.6. The zero-order chi connectivity index (χ0) is 15.4. The van der Waals surface area contributed by atoms with E-state index < -0.39 is 5.97 Å². The summed E-state index contributed by atoms with van der Waals surface area (Å²) in [5.74, 6) is -0.416. The molecule has 0 saturated carbocycles. The molecule has 0 aliphatic carbocycles. The Balaban J connectivity index is 2.29. The highest BCUT2D eigenvalue weighted by Gasteiger charge is 2.17. The van der Waals surface area contributed by atoms with Crippen LogP contribution in [0.2, 0.25) is 0 Å². The van der Waals surface area contributed by atoms with E-state index >= 15 is 0 Å². The lowest BCUT2D eigenvalue weighted by Crippen LogP contribution is -2.24. The largest absolute Gasteiger partial charge is 0.478 e. The normalized spacial score (nSPS) is 11.1. The molecular formula is C15H20N2O3S. The lowest BCUT2D eigenvalue weighted by atomic mass is 10.1. The van der Waals surface area contributed by atoms with Crippen molar-refractivity contribution in [1.82, 2.24) is 9.55 Å². The fourth-order valence-corrected chi connectivity index (χ4v) is 3.37. The van der Waals surface area contributed by atoms with Gasteiger partial charge in [0.1, 0.15) is 10.7 Å². The summed E-state index contributed by atoms with van der Waals surface area (Å²) < 4.78 is 1.60. The van der Waals surface area contributed by atoms with Crippen molar-refractivity contribution in [3.63, 3.8) is 0 Å². The first-order chi connectivity index (χ1) is 10.1. The lowest BCUT2D eigenvalue weighted by molar-refractivity contribution is 0.0699. The van der Waals surface area contributed by atoms with Crippen LogP contribution < -0.4 is 5.56 Å². The molecule has 2 heterocycles. The third-order valence-electron chi connectivity index (χ3n) is 3.60. The topological polar surface area (TPSA) is 72.2 Å². The molecule has 1 N–H and O–H groups in total. The standard InChI is InChI=1S/C15H20N2O3S/c1-3-4-5-6-7-8-17-10(2)16-13-12(14(17)18)11(9-21-13)15(19)20/h9H,3-8H2,1-2H3,(H,19,20). The van der Waals surface area contributed by atoms with Gasteiger partial charge < -0.3 is 5.11 Å². The minimum Gasteiger partial charge on any atom is -0.478 e. The van der Waals surface area contributed by atoms with Crippen LogP contribution in [0.4, 0.5) is 0 Å². The molecule has 2 rings (SSSR count). The molecule has 2 aromatic rings. The van der Waals surface area contributed by atoms with Crippen LogP contribution >= 0.6 is 11.3 Å². The van der Waals surface area contributed by atoms with Crippen LogP contribution in [0.25, 0.3) is 10.2 Å². The highest BCUT2D eigenvalue weighted by Crippen LogP contribution is 2.21. The van der Waals surface area contributed by atoms with Crippen LogP contribution in [0.3, 0.4) is 0 Å². The maximum atomic E-state index is 12.5. The number of aryl methyl sites for hydroxylation is 1. The molecule has 0 unspecified atom stereocenters. The predicted molar refractivity (Wildman–Crippen MR) is 84.3 cm³/mol. The van der Waals surface area contributed by atoms with E-state index in [4.69, 9.17) is 5.11 Å². The first-order valence-corrected chi connectivity index (χ1v) is 8.16. The Kier molecular flexibility index (Phi) is 5.12. The number of carboxylic acid groups (broad SMARTS) is 1. The van der Waals surface area contributed by atoms with E-state index in [-0.39, 0.29) is 16.5 Å². The van der Waals surface area contributed by atoms with Crippen LogP contribution in [-0.2, 0) is 6.54 Å². The minimum atomic E-state index is -1.07. The Labute approximate surface area is 127 Å². The second-order valence-electron chi connectivity index (χ2n) is 5.16. The lowest BCUT2D eigenvalue weighted by Gasteiger charge is -2.09. The van der Waals surface area contributed by atoms with Crippen molar-refractivity contribution in [2.24, 2.45) is 0 Å². The van der Waals surface area contributed by atoms with Gasteiger partial charge in [-0.2, -0.15) is 0 Å². The van der Waals surface area contributed by atoms with Gasteiger partial charge in [0.2, 0.25) is 0 Å². The van der Waals surface area contributed by atoms with Gasteiger partial charge in [-0.25, -0.2) is 9.78 Å². The number of hydrogen-bond donors (Lipinski definition) is 1. The number of hydrogen-bond acceptors (Lipinski definition) is 4. The summed E-state index contributed by atoms with van der Waals surface area (Å²) in [6.45, 7) is 4.57. The number of carbonyl (C=O) groups is 1. The molecule has 6 heteroatoms. The molecule has 0 radical (unpaired) electrons. The number of aromatic nitrogens is 2. The fourth-order valence-electron chi connectivity index (χ4n) is 2.42. The van der Waals surface area contributed by atoms with Crippen LogP contribution in [0, 0.1) is 6.92 Å². The van der Waals surface area contributed by atoms with Crippen molar-refractivity contribution >= 4 is 27.5 Å². The molecule has 0 fully saturated rings. The van der Waals surface area contributed by atoms with Crippen LogP contribution in [0.5, 0.6) is 0 Å². The van der Waals surface area contributed by atoms with E-state index in [1.165, 1.54) is 36.0 Å². The summed E-state index contributed by atoms with van der Waals surface area (Å²) in [5.41, 5.74) is -0.168. The number of aromatic carboxylic acids is 1. The summed E-state index contributed by atoms with van der Waals surface area (Å²) >= 11 is 1.21. The first kappa shape index (κ1) is 15.7. The summed E-state index contributed by atoms with van der Waals surface area (Å²) in [6.07, 6.45) is 5.55. The Bertz CT molecular complexity index is 703. The van der Waals surface area contributed by atoms with Crippen molar-refractivity contribution in [3.05, 3.63) is 27.1 Å². The van der Waals surface area contributed by atoms with Crippen molar-refractivity contribution in [2.75, 3.05) is 0 Å². The summed E-state index contributed by atoms with van der Waals surface area (Å²) in [7, 11) is 0. The maximum Gasteiger partial charge on any atom is 0.337 e. The fraction of sp³-hybridized carbons (Fsp3) is 0.533. The SMILES string of the molecule is CCCCCCCn1c(C)nc2scc(C(=O)O)c2c1=O. The van der Waals surface area contributed by atoms with Crippen molar-refractivity contribution < 1.29 is 9.90 Å². The predicted octanol–water partition coefficient (Wildman–Crippen LogP) is 3.44. The number of fused-ring (bicyclic) bond motifs is 1. The molecule has 0 aromatic carbocycles. The molecule has 21 heavy (non-hydrogen) atoms. The number of thiophene rings is 1. The van der Waals surface area contributed by atoms with E-state index in [1.54, 1.807) is 11.5 Å². The molecule has 114 valence electrons. The van der Waals surface area contributed by atoms with Crippen LogP contribution in [0.1, 0.15) is 55.2 Å². The van der Waals surface area contributed by atoms with E-state index in [9.17, 15) is 9.59 Å². The summed E-state index contributed by atoms with van der Waals surface area (Å²) in [5, 5.41) is 10.9. The number of carboxylic acids is 1. The highest BCUT2D eigenvalue weighted by molar-refractivity contribution is 7.17. The molecule has 0 amide bonds. The van der Waals surface area contributed by atoms with E-state index in [2.05, 4.69) is 11.9 Å². The second kappa shape index (κ2) is 6.85. The second-order valence-corrected chi connectivity index (χ2v) is 6.02. The molecule has 0 atom stereocenters. The van der Waals surface area contributed by atoms with Crippen LogP contribution in [0.15, 0.2) is 10.2 Å². The first-order valence-electron chi connectivity index (χ1n) is 7.28. The highest BCUT2D eigenvalue weighted by atomic mass is 32.1. The molecule has 5 nitrogen and oxygen atoms in total. The van der Waals surface area contributed by atoms with Gasteiger partial charge in [0, 0.05) is 11.9 Å². The van der Waals surface area contributed by atoms with E-state index in [1.807, 2.05) is 0 Å². The van der Waals surface area contributed by atoms with Gasteiger partial charge in [-0.1, -0.05) is 32.6 Å². The van der Waals surface area contributed by atoms with Crippen LogP contribution in [-0.4, -0.2) is 20.6 Å². The molecule has 0 aliphatic heterocycles. The van der Waals surface area contributed by atoms with Gasteiger partial charge >= 0.3 is 5.97 Å². The molecule has 2 aromatic heterocycles. The third-order valence-corrected chi connectivity index (χ3v) is 4.47. The van der Waals surface area contributed by atoms with Gasteiger partial charge in [0.25, 0.3) is 5.56 Å². The Hall–Kier alpha value is -1.69. The monoisotopic (exact) mass is 308 g/mol. The average Bonchev–Trinajstić information content (AvgIpc) is 2.85. The van der Waals surface area contributed by atoms with Gasteiger partial charge in [-0.15, -0.1) is 11.3 Å². The van der Waals surface area contributed by atoms with Gasteiger partial charge in [0.05, 0.1) is 10.9 Å². The van der Waals surface area contributed by atoms with Crippen molar-refractivity contribution in [3.8, 4) is 0 Å². The summed E-state index contributed by atoms with van der Waals surface area (Å²) in [6, 6.07) is 0. The molecular weight excluding hydrogens is 288 g/mol. The smallest absolute Gasteiger partial charge is 0.337 e. The number of unbranched alkanes of at least 4 members (excludes halogenated alkanes) is 4. The van der Waals surface area contributed by atoms with Gasteiger partial charge in [-0.3, -0.25) is 9.36 Å². The van der Waals surface area contributed by atoms with Crippen molar-refractivity contribution in [2.45, 2.75) is 52.5 Å². The van der Waals surface area contributed by atoms with E-state index in [0.29, 0.717) is 17.2 Å². The number of rotatable bonds is 7. The zero-order valence-electron chi connectivity index (χ0n) is 12.4.